The molecule has 20 heavy (non-hydrogen) atoms. The molecule has 0 bridgehead atoms. The molecule has 0 aliphatic heterocycles. The van der Waals surface area contributed by atoms with Gasteiger partial charge in [0.15, 0.2) is 0 Å². The summed E-state index contributed by atoms with van der Waals surface area (Å²) in [5.41, 5.74) is 0.383. The van der Waals surface area contributed by atoms with Crippen LogP contribution < -0.4 is 0 Å². The fourth-order valence-corrected chi connectivity index (χ4v) is 1.93. The minimum atomic E-state index is -2.71. The molecule has 0 heterocycles. The van der Waals surface area contributed by atoms with Crippen LogP contribution in [0.15, 0.2) is 18.2 Å². The van der Waals surface area contributed by atoms with Crippen molar-refractivity contribution in [2.24, 2.45) is 0 Å². The zero-order chi connectivity index (χ0) is 15.1. The lowest BCUT2D eigenvalue weighted by Gasteiger charge is -2.13. The first-order valence-electron chi connectivity index (χ1n) is 6.22. The van der Waals surface area contributed by atoms with Gasteiger partial charge in [0.2, 0.25) is 0 Å². The molecule has 6 heteroatoms. The van der Waals surface area contributed by atoms with E-state index in [-0.39, 0.29) is 37.0 Å². The Hall–Kier alpha value is -1.98. The van der Waals surface area contributed by atoms with Crippen LogP contribution >= 0.6 is 0 Å². The van der Waals surface area contributed by atoms with Crippen LogP contribution in [0, 0.1) is 0 Å². The van der Waals surface area contributed by atoms with Gasteiger partial charge in [-0.15, -0.1) is 0 Å². The molecule has 0 spiro atoms. The molecule has 1 N–H and O–H groups in total. The molecular formula is C14H16F2O4. The monoisotopic (exact) mass is 286 g/mol. The Kier molecular flexibility index (Phi) is 6.09. The Balaban J connectivity index is 3.04. The number of alkyl halides is 2. The van der Waals surface area contributed by atoms with E-state index in [9.17, 15) is 18.4 Å². The predicted molar refractivity (Wildman–Crippen MR) is 67.7 cm³/mol. The van der Waals surface area contributed by atoms with E-state index in [2.05, 4.69) is 0 Å². The summed E-state index contributed by atoms with van der Waals surface area (Å²) in [4.78, 5) is 22.1. The molecule has 1 aromatic rings. The lowest BCUT2D eigenvalue weighted by molar-refractivity contribution is -0.142. The molecule has 4 nitrogen and oxygen atoms in total. The molecule has 1 aromatic carbocycles. The lowest BCUT2D eigenvalue weighted by atomic mass is 9.95. The van der Waals surface area contributed by atoms with Crippen molar-refractivity contribution in [2.45, 2.75) is 32.6 Å². The maximum absolute atomic E-state index is 13.0. The third-order valence-corrected chi connectivity index (χ3v) is 2.77. The minimum absolute atomic E-state index is 0.0371. The summed E-state index contributed by atoms with van der Waals surface area (Å²) < 4.78 is 30.7. The molecule has 1 rings (SSSR count). The fourth-order valence-electron chi connectivity index (χ4n) is 1.93. The highest BCUT2D eigenvalue weighted by atomic mass is 19.3. The van der Waals surface area contributed by atoms with Crippen LogP contribution in [0.4, 0.5) is 8.78 Å². The van der Waals surface area contributed by atoms with Crippen molar-refractivity contribution >= 4 is 11.9 Å². The normalized spacial score (nSPS) is 10.6. The number of halogens is 2. The van der Waals surface area contributed by atoms with E-state index in [1.165, 1.54) is 12.1 Å². The Labute approximate surface area is 115 Å². The predicted octanol–water partition coefficient (Wildman–Crippen LogP) is 2.75. The Morgan fingerprint density at radius 2 is 2.05 bits per heavy atom. The molecule has 0 atom stereocenters. The molecule has 0 aliphatic carbocycles. The van der Waals surface area contributed by atoms with Gasteiger partial charge in [-0.05, 0) is 24.5 Å². The summed E-state index contributed by atoms with van der Waals surface area (Å²) in [7, 11) is 0. The van der Waals surface area contributed by atoms with E-state index in [0.29, 0.717) is 5.56 Å². The first-order valence-corrected chi connectivity index (χ1v) is 6.22. The standard InChI is InChI=1S/C14H16F2O4/c1-2-20-13(19)8-9-4-3-5-11(14(15)16)10(9)6-7-12(17)18/h3-5,14H,2,6-8H2,1H3,(H,17,18). The average molecular weight is 286 g/mol. The number of carbonyl (C=O) groups is 2. The van der Waals surface area contributed by atoms with Gasteiger partial charge >= 0.3 is 11.9 Å². The third-order valence-electron chi connectivity index (χ3n) is 2.77. The van der Waals surface area contributed by atoms with Crippen LogP contribution in [0.2, 0.25) is 0 Å². The molecule has 0 radical (unpaired) electrons. The van der Waals surface area contributed by atoms with E-state index in [1.54, 1.807) is 13.0 Å². The number of hydrogen-bond acceptors (Lipinski definition) is 3. The maximum atomic E-state index is 13.0. The second-order valence-corrected chi connectivity index (χ2v) is 4.16. The number of carboxylic acid groups (broad SMARTS) is 1. The SMILES string of the molecule is CCOC(=O)Cc1cccc(C(F)F)c1CCC(=O)O. The molecule has 0 aromatic heterocycles. The van der Waals surface area contributed by atoms with Crippen molar-refractivity contribution in [3.63, 3.8) is 0 Å². The van der Waals surface area contributed by atoms with E-state index in [0.717, 1.165) is 0 Å². The van der Waals surface area contributed by atoms with Gasteiger partial charge in [-0.3, -0.25) is 9.59 Å². The quantitative estimate of drug-likeness (QED) is 0.783. The number of rotatable bonds is 7. The topological polar surface area (TPSA) is 63.6 Å². The number of aliphatic carboxylic acids is 1. The van der Waals surface area contributed by atoms with E-state index >= 15 is 0 Å². The van der Waals surface area contributed by atoms with Gasteiger partial charge in [0, 0.05) is 12.0 Å². The summed E-state index contributed by atoms with van der Waals surface area (Å²) in [5.74, 6) is -1.59. The smallest absolute Gasteiger partial charge is 0.310 e. The fraction of sp³-hybridized carbons (Fsp3) is 0.429. The molecule has 0 saturated carbocycles. The van der Waals surface area contributed by atoms with Crippen LogP contribution in [0.5, 0.6) is 0 Å². The number of carboxylic acids is 1. The van der Waals surface area contributed by atoms with Crippen LogP contribution in [-0.2, 0) is 27.2 Å². The molecule has 0 amide bonds. The third kappa shape index (κ3) is 4.60. The van der Waals surface area contributed by atoms with Crippen LogP contribution in [-0.4, -0.2) is 23.7 Å². The molecule has 110 valence electrons. The van der Waals surface area contributed by atoms with E-state index < -0.39 is 18.4 Å². The van der Waals surface area contributed by atoms with Crippen LogP contribution in [0.3, 0.4) is 0 Å². The highest BCUT2D eigenvalue weighted by Gasteiger charge is 2.18. The van der Waals surface area contributed by atoms with Gasteiger partial charge in [0.25, 0.3) is 6.43 Å². The Morgan fingerprint density at radius 3 is 2.60 bits per heavy atom. The van der Waals surface area contributed by atoms with Gasteiger partial charge in [0.05, 0.1) is 13.0 Å². The zero-order valence-electron chi connectivity index (χ0n) is 11.1. The summed E-state index contributed by atoms with van der Waals surface area (Å²) in [5, 5.41) is 8.68. The average Bonchev–Trinajstić information content (AvgIpc) is 2.36. The summed E-state index contributed by atoms with van der Waals surface area (Å²) in [6.45, 7) is 1.86. The molecule has 0 unspecified atom stereocenters. The van der Waals surface area contributed by atoms with Gasteiger partial charge in [0.1, 0.15) is 0 Å². The van der Waals surface area contributed by atoms with E-state index in [4.69, 9.17) is 9.84 Å². The number of ether oxygens (including phenoxy) is 1. The molecule has 0 fully saturated rings. The van der Waals surface area contributed by atoms with Gasteiger partial charge < -0.3 is 9.84 Å². The summed E-state index contributed by atoms with van der Waals surface area (Å²) in [6.07, 6.45) is -3.14. The highest BCUT2D eigenvalue weighted by molar-refractivity contribution is 5.73. The number of esters is 1. The second-order valence-electron chi connectivity index (χ2n) is 4.16. The summed E-state index contributed by atoms with van der Waals surface area (Å²) >= 11 is 0. The van der Waals surface area contributed by atoms with Gasteiger partial charge in [-0.1, -0.05) is 18.2 Å². The number of hydrogen-bond donors (Lipinski definition) is 1. The van der Waals surface area contributed by atoms with Gasteiger partial charge in [-0.25, -0.2) is 8.78 Å². The molecule has 0 aliphatic rings. The van der Waals surface area contributed by atoms with Crippen molar-refractivity contribution in [3.05, 3.63) is 34.9 Å². The van der Waals surface area contributed by atoms with Crippen molar-refractivity contribution in [1.29, 1.82) is 0 Å². The highest BCUT2D eigenvalue weighted by Crippen LogP contribution is 2.27. The van der Waals surface area contributed by atoms with Gasteiger partial charge in [-0.2, -0.15) is 0 Å². The zero-order valence-corrected chi connectivity index (χ0v) is 11.1. The van der Waals surface area contributed by atoms with Crippen molar-refractivity contribution in [1.82, 2.24) is 0 Å². The van der Waals surface area contributed by atoms with E-state index in [1.807, 2.05) is 0 Å². The van der Waals surface area contributed by atoms with Crippen LogP contribution in [0.1, 0.15) is 36.5 Å². The first kappa shape index (κ1) is 16.1. The number of benzene rings is 1. The minimum Gasteiger partial charge on any atom is -0.481 e. The Bertz CT molecular complexity index is 486. The number of carbonyl (C=O) groups excluding carboxylic acids is 1. The molecule has 0 saturated heterocycles. The van der Waals surface area contributed by atoms with Crippen molar-refractivity contribution in [3.8, 4) is 0 Å². The molecular weight excluding hydrogens is 270 g/mol. The first-order chi connectivity index (χ1) is 9.45. The summed E-state index contributed by atoms with van der Waals surface area (Å²) in [6, 6.07) is 4.22. The Morgan fingerprint density at radius 1 is 1.35 bits per heavy atom. The lowest BCUT2D eigenvalue weighted by Crippen LogP contribution is -2.11. The second kappa shape index (κ2) is 7.57. The largest absolute Gasteiger partial charge is 0.481 e. The van der Waals surface area contributed by atoms with Crippen molar-refractivity contribution in [2.75, 3.05) is 6.61 Å². The van der Waals surface area contributed by atoms with Crippen molar-refractivity contribution < 1.29 is 28.2 Å². The maximum Gasteiger partial charge on any atom is 0.310 e. The van der Waals surface area contributed by atoms with Crippen LogP contribution in [0.25, 0.3) is 0 Å².